The fraction of sp³-hybridized carbons (Fsp3) is 0.529. The van der Waals surface area contributed by atoms with E-state index in [1.807, 2.05) is 24.0 Å². The van der Waals surface area contributed by atoms with Gasteiger partial charge in [0, 0.05) is 24.4 Å². The van der Waals surface area contributed by atoms with Gasteiger partial charge in [0.05, 0.1) is 12.5 Å². The first-order chi connectivity index (χ1) is 11.2. The molecule has 0 bridgehead atoms. The van der Waals surface area contributed by atoms with Crippen LogP contribution in [-0.2, 0) is 11.2 Å². The maximum Gasteiger partial charge on any atom is 0.229 e. The molecule has 4 rings (SSSR count). The molecule has 3 heterocycles. The fourth-order valence-electron chi connectivity index (χ4n) is 3.09. The molecular weight excluding hydrogens is 292 g/mol. The van der Waals surface area contributed by atoms with Crippen LogP contribution in [0.5, 0.6) is 0 Å². The van der Waals surface area contributed by atoms with E-state index < -0.39 is 0 Å². The number of rotatable bonds is 4. The van der Waals surface area contributed by atoms with Crippen LogP contribution in [0.1, 0.15) is 60.6 Å². The molecular formula is C17H20N4O2. The van der Waals surface area contributed by atoms with Gasteiger partial charge in [0.15, 0.2) is 5.82 Å². The van der Waals surface area contributed by atoms with Crippen molar-refractivity contribution < 1.29 is 9.32 Å². The molecule has 0 spiro atoms. The third-order valence-electron chi connectivity index (χ3n) is 4.58. The van der Waals surface area contributed by atoms with Crippen molar-refractivity contribution in [1.82, 2.24) is 20.0 Å². The van der Waals surface area contributed by atoms with Crippen LogP contribution in [0.2, 0.25) is 0 Å². The van der Waals surface area contributed by atoms with Gasteiger partial charge in [-0.05, 0) is 44.2 Å². The van der Waals surface area contributed by atoms with Crippen LogP contribution >= 0.6 is 0 Å². The molecule has 6 heteroatoms. The molecule has 23 heavy (non-hydrogen) atoms. The maximum atomic E-state index is 12.6. The van der Waals surface area contributed by atoms with Crippen molar-refractivity contribution in [1.29, 1.82) is 0 Å². The zero-order chi connectivity index (χ0) is 15.8. The lowest BCUT2D eigenvalue weighted by molar-refractivity contribution is -0.131. The molecule has 1 saturated heterocycles. The van der Waals surface area contributed by atoms with Gasteiger partial charge in [-0.3, -0.25) is 9.78 Å². The number of amides is 1. The number of likely N-dealkylation sites (tertiary alicyclic amines) is 1. The van der Waals surface area contributed by atoms with Crippen LogP contribution in [0.15, 0.2) is 22.9 Å². The van der Waals surface area contributed by atoms with Crippen molar-refractivity contribution in [2.24, 2.45) is 0 Å². The number of pyridine rings is 1. The number of aryl methyl sites for hydroxylation is 1. The van der Waals surface area contributed by atoms with Crippen molar-refractivity contribution in [3.63, 3.8) is 0 Å². The van der Waals surface area contributed by atoms with E-state index in [1.165, 1.54) is 0 Å². The smallest absolute Gasteiger partial charge is 0.229 e. The molecule has 2 aromatic rings. The molecule has 2 aliphatic rings. The molecule has 1 aliphatic carbocycles. The standard InChI is InChI=1S/C17H20N4O2/c1-11-4-5-12(10-18-11)9-15(22)21-8-2-3-14(21)16-19-17(23-20-16)13-6-7-13/h4-5,10,13-14H,2-3,6-9H2,1H3/t14-/m1/s1. The zero-order valence-corrected chi connectivity index (χ0v) is 13.2. The minimum atomic E-state index is -0.0443. The van der Waals surface area contributed by atoms with Gasteiger partial charge < -0.3 is 9.42 Å². The lowest BCUT2D eigenvalue weighted by Gasteiger charge is -2.22. The van der Waals surface area contributed by atoms with Gasteiger partial charge in [-0.25, -0.2) is 0 Å². The van der Waals surface area contributed by atoms with E-state index in [0.717, 1.165) is 49.4 Å². The van der Waals surface area contributed by atoms with Crippen LogP contribution in [0.4, 0.5) is 0 Å². The summed E-state index contributed by atoms with van der Waals surface area (Å²) in [4.78, 5) is 23.3. The first kappa shape index (κ1) is 14.4. The summed E-state index contributed by atoms with van der Waals surface area (Å²) >= 11 is 0. The molecule has 1 aliphatic heterocycles. The summed E-state index contributed by atoms with van der Waals surface area (Å²) in [5.74, 6) is 1.96. The second-order valence-electron chi connectivity index (χ2n) is 6.49. The van der Waals surface area contributed by atoms with E-state index in [4.69, 9.17) is 4.52 Å². The van der Waals surface area contributed by atoms with Gasteiger partial charge in [0.1, 0.15) is 0 Å². The maximum absolute atomic E-state index is 12.6. The van der Waals surface area contributed by atoms with Gasteiger partial charge in [0.2, 0.25) is 11.8 Å². The lowest BCUT2D eigenvalue weighted by Crippen LogP contribution is -2.32. The second-order valence-corrected chi connectivity index (χ2v) is 6.49. The molecule has 0 N–H and O–H groups in total. The molecule has 0 radical (unpaired) electrons. The van der Waals surface area contributed by atoms with Crippen LogP contribution in [-0.4, -0.2) is 32.5 Å². The summed E-state index contributed by atoms with van der Waals surface area (Å²) in [6, 6.07) is 3.85. The third kappa shape index (κ3) is 2.98. The van der Waals surface area contributed by atoms with E-state index in [9.17, 15) is 4.79 Å². The third-order valence-corrected chi connectivity index (χ3v) is 4.58. The summed E-state index contributed by atoms with van der Waals surface area (Å²) in [5, 5.41) is 4.12. The number of hydrogen-bond donors (Lipinski definition) is 0. The van der Waals surface area contributed by atoms with Gasteiger partial charge in [-0.2, -0.15) is 4.98 Å². The highest BCUT2D eigenvalue weighted by Crippen LogP contribution is 2.40. The molecule has 2 aromatic heterocycles. The summed E-state index contributed by atoms with van der Waals surface area (Å²) in [5.41, 5.74) is 1.90. The summed E-state index contributed by atoms with van der Waals surface area (Å²) in [7, 11) is 0. The van der Waals surface area contributed by atoms with E-state index >= 15 is 0 Å². The Labute approximate surface area is 134 Å². The molecule has 120 valence electrons. The highest BCUT2D eigenvalue weighted by Gasteiger charge is 2.35. The topological polar surface area (TPSA) is 72.1 Å². The van der Waals surface area contributed by atoms with E-state index in [1.54, 1.807) is 6.20 Å². The Balaban J connectivity index is 1.47. The van der Waals surface area contributed by atoms with Crippen molar-refractivity contribution in [3.8, 4) is 0 Å². The predicted octanol–water partition coefficient (Wildman–Crippen LogP) is 2.56. The lowest BCUT2D eigenvalue weighted by atomic mass is 10.1. The fourth-order valence-corrected chi connectivity index (χ4v) is 3.09. The Kier molecular flexibility index (Phi) is 3.59. The molecule has 1 atom stereocenters. The summed E-state index contributed by atoms with van der Waals surface area (Å²) < 4.78 is 5.35. The Bertz CT molecular complexity index is 706. The van der Waals surface area contributed by atoms with Crippen LogP contribution in [0.3, 0.4) is 0 Å². The molecule has 2 fully saturated rings. The summed E-state index contributed by atoms with van der Waals surface area (Å²) in [6.07, 6.45) is 6.30. The van der Waals surface area contributed by atoms with Gasteiger partial charge >= 0.3 is 0 Å². The van der Waals surface area contributed by atoms with Crippen molar-refractivity contribution in [3.05, 3.63) is 41.3 Å². The predicted molar refractivity (Wildman–Crippen MR) is 82.6 cm³/mol. The van der Waals surface area contributed by atoms with E-state index in [-0.39, 0.29) is 11.9 Å². The van der Waals surface area contributed by atoms with Gasteiger partial charge in [-0.15, -0.1) is 0 Å². The molecule has 1 amide bonds. The largest absolute Gasteiger partial charge is 0.339 e. The van der Waals surface area contributed by atoms with Gasteiger partial charge in [0.25, 0.3) is 0 Å². The Morgan fingerprint density at radius 1 is 1.35 bits per heavy atom. The van der Waals surface area contributed by atoms with Crippen molar-refractivity contribution >= 4 is 5.91 Å². The van der Waals surface area contributed by atoms with Crippen LogP contribution in [0.25, 0.3) is 0 Å². The normalized spacial score (nSPS) is 20.9. The highest BCUT2D eigenvalue weighted by molar-refractivity contribution is 5.79. The van der Waals surface area contributed by atoms with Crippen molar-refractivity contribution in [2.75, 3.05) is 6.54 Å². The van der Waals surface area contributed by atoms with Crippen LogP contribution in [0, 0.1) is 6.92 Å². The Hall–Kier alpha value is -2.24. The van der Waals surface area contributed by atoms with Gasteiger partial charge in [-0.1, -0.05) is 11.2 Å². The monoisotopic (exact) mass is 312 g/mol. The highest BCUT2D eigenvalue weighted by atomic mass is 16.5. The summed E-state index contributed by atoms with van der Waals surface area (Å²) in [6.45, 7) is 2.70. The number of aromatic nitrogens is 3. The zero-order valence-electron chi connectivity index (χ0n) is 13.2. The first-order valence-electron chi connectivity index (χ1n) is 8.25. The minimum absolute atomic E-state index is 0.0443. The molecule has 1 saturated carbocycles. The minimum Gasteiger partial charge on any atom is -0.339 e. The number of carbonyl (C=O) groups is 1. The quantitative estimate of drug-likeness (QED) is 0.867. The Morgan fingerprint density at radius 2 is 2.22 bits per heavy atom. The molecule has 0 unspecified atom stereocenters. The average molecular weight is 312 g/mol. The molecule has 6 nitrogen and oxygen atoms in total. The first-order valence-corrected chi connectivity index (χ1v) is 8.25. The molecule has 0 aromatic carbocycles. The number of nitrogens with zero attached hydrogens (tertiary/aromatic N) is 4. The van der Waals surface area contributed by atoms with E-state index in [2.05, 4.69) is 15.1 Å². The second kappa shape index (κ2) is 5.76. The van der Waals surface area contributed by atoms with Crippen LogP contribution < -0.4 is 0 Å². The van der Waals surface area contributed by atoms with Crippen molar-refractivity contribution in [2.45, 2.75) is 51.0 Å². The number of carbonyl (C=O) groups excluding carboxylic acids is 1. The number of hydrogen-bond acceptors (Lipinski definition) is 5. The Morgan fingerprint density at radius 3 is 2.96 bits per heavy atom. The SMILES string of the molecule is Cc1ccc(CC(=O)N2CCC[C@@H]2c2noc(C3CC3)n2)cn1. The van der Waals surface area contributed by atoms with E-state index in [0.29, 0.717) is 18.2 Å². The average Bonchev–Trinajstić information content (AvgIpc) is 3.10.